The number of hydrogen-bond acceptors (Lipinski definition) is 5. The molecule has 2 N–H and O–H groups in total. The second kappa shape index (κ2) is 12.6. The van der Waals surface area contributed by atoms with E-state index in [0.717, 1.165) is 5.56 Å². The number of nitrogens with zero attached hydrogens (tertiary/aromatic N) is 1. The first kappa shape index (κ1) is 26.4. The summed E-state index contributed by atoms with van der Waals surface area (Å²) < 4.78 is 0. The number of carbonyl (C=O) groups excluding carboxylic acids is 3. The highest BCUT2D eigenvalue weighted by molar-refractivity contribution is 6.11. The molecule has 0 aliphatic carbocycles. The molecule has 0 aromatic heterocycles. The van der Waals surface area contributed by atoms with Crippen LogP contribution in [0.15, 0.2) is 121 Å². The van der Waals surface area contributed by atoms with Crippen molar-refractivity contribution >= 4 is 41.1 Å². The molecular formula is C31H23N3O5. The van der Waals surface area contributed by atoms with Crippen LogP contribution in [0.3, 0.4) is 0 Å². The summed E-state index contributed by atoms with van der Waals surface area (Å²) in [6.45, 7) is 0. The number of carbonyl (C=O) groups is 3. The van der Waals surface area contributed by atoms with E-state index in [4.69, 9.17) is 0 Å². The molecule has 0 spiro atoms. The summed E-state index contributed by atoms with van der Waals surface area (Å²) in [6, 6.07) is 29.8. The monoisotopic (exact) mass is 517 g/mol. The van der Waals surface area contributed by atoms with Crippen LogP contribution in [0, 0.1) is 10.1 Å². The number of rotatable bonds is 9. The Bertz CT molecular complexity index is 1540. The second-order valence-electron chi connectivity index (χ2n) is 8.37. The average Bonchev–Trinajstić information content (AvgIpc) is 2.97. The molecule has 0 radical (unpaired) electrons. The minimum Gasteiger partial charge on any atom is -0.321 e. The van der Waals surface area contributed by atoms with E-state index in [-0.39, 0.29) is 17.2 Å². The van der Waals surface area contributed by atoms with Gasteiger partial charge in [0.2, 0.25) is 0 Å². The zero-order chi connectivity index (χ0) is 27.6. The molecule has 39 heavy (non-hydrogen) atoms. The molecule has 0 saturated heterocycles. The van der Waals surface area contributed by atoms with Crippen molar-refractivity contribution in [1.29, 1.82) is 0 Å². The molecule has 0 unspecified atom stereocenters. The zero-order valence-electron chi connectivity index (χ0n) is 20.6. The van der Waals surface area contributed by atoms with Gasteiger partial charge in [-0.2, -0.15) is 0 Å². The number of allylic oxidation sites excluding steroid dienone is 1. The van der Waals surface area contributed by atoms with Crippen molar-refractivity contribution in [3.05, 3.63) is 153 Å². The molecule has 8 nitrogen and oxygen atoms in total. The first-order valence-electron chi connectivity index (χ1n) is 11.9. The van der Waals surface area contributed by atoms with Gasteiger partial charge in [-0.15, -0.1) is 0 Å². The molecule has 192 valence electrons. The Kier molecular flexibility index (Phi) is 8.51. The standard InChI is InChI=1S/C31H23N3O5/c35-29(20-13-22-7-3-1-4-8-22)24-14-16-26(17-15-24)32-31(37)28(33-30(36)25-9-5-2-6-10-25)21-23-11-18-27(19-12-23)34(38)39/h1-21H,(H,32,37)(H,33,36)/b20-13+,28-21-. The van der Waals surface area contributed by atoms with E-state index in [1.807, 2.05) is 30.3 Å². The van der Waals surface area contributed by atoms with Crippen LogP contribution in [0.25, 0.3) is 12.2 Å². The van der Waals surface area contributed by atoms with Gasteiger partial charge in [0.1, 0.15) is 5.70 Å². The van der Waals surface area contributed by atoms with Gasteiger partial charge in [-0.25, -0.2) is 0 Å². The normalized spacial score (nSPS) is 11.1. The van der Waals surface area contributed by atoms with Gasteiger partial charge in [-0.05, 0) is 71.8 Å². The Morgan fingerprint density at radius 3 is 1.92 bits per heavy atom. The van der Waals surface area contributed by atoms with Crippen LogP contribution in [0.1, 0.15) is 31.8 Å². The zero-order valence-corrected chi connectivity index (χ0v) is 20.6. The van der Waals surface area contributed by atoms with Gasteiger partial charge in [0.05, 0.1) is 4.92 Å². The van der Waals surface area contributed by atoms with Crippen LogP contribution < -0.4 is 10.6 Å². The number of hydrogen-bond donors (Lipinski definition) is 2. The van der Waals surface area contributed by atoms with Gasteiger partial charge < -0.3 is 10.6 Å². The third-order valence-electron chi connectivity index (χ3n) is 5.60. The highest BCUT2D eigenvalue weighted by Crippen LogP contribution is 2.16. The lowest BCUT2D eigenvalue weighted by Crippen LogP contribution is -2.30. The second-order valence-corrected chi connectivity index (χ2v) is 8.37. The number of nitro benzene ring substituents is 1. The molecule has 4 aromatic rings. The Morgan fingerprint density at radius 1 is 0.692 bits per heavy atom. The SMILES string of the molecule is O=C(Nc1ccc(C(=O)/C=C/c2ccccc2)cc1)/C(=C/c1ccc([N+](=O)[O-])cc1)NC(=O)c1ccccc1. The summed E-state index contributed by atoms with van der Waals surface area (Å²) in [5.41, 5.74) is 2.42. The fourth-order valence-electron chi connectivity index (χ4n) is 3.55. The van der Waals surface area contributed by atoms with E-state index < -0.39 is 16.7 Å². The minimum atomic E-state index is -0.610. The van der Waals surface area contributed by atoms with Crippen molar-refractivity contribution in [3.8, 4) is 0 Å². The third-order valence-corrected chi connectivity index (χ3v) is 5.60. The van der Waals surface area contributed by atoms with Gasteiger partial charge in [0.15, 0.2) is 5.78 Å². The van der Waals surface area contributed by atoms with E-state index in [1.165, 1.54) is 36.4 Å². The summed E-state index contributed by atoms with van der Waals surface area (Å²) in [5.74, 6) is -1.30. The van der Waals surface area contributed by atoms with Crippen LogP contribution in [0.2, 0.25) is 0 Å². The minimum absolute atomic E-state index is 0.0661. The lowest BCUT2D eigenvalue weighted by Gasteiger charge is -2.12. The van der Waals surface area contributed by atoms with Crippen LogP contribution in [-0.4, -0.2) is 22.5 Å². The first-order chi connectivity index (χ1) is 18.9. The van der Waals surface area contributed by atoms with E-state index in [2.05, 4.69) is 10.6 Å². The Morgan fingerprint density at radius 2 is 1.31 bits per heavy atom. The van der Waals surface area contributed by atoms with Gasteiger partial charge >= 0.3 is 0 Å². The van der Waals surface area contributed by atoms with Crippen molar-refractivity contribution in [1.82, 2.24) is 5.32 Å². The maximum Gasteiger partial charge on any atom is 0.272 e. The number of ketones is 1. The van der Waals surface area contributed by atoms with Crippen molar-refractivity contribution in [2.45, 2.75) is 0 Å². The van der Waals surface area contributed by atoms with Crippen molar-refractivity contribution in [2.75, 3.05) is 5.32 Å². The quantitative estimate of drug-likeness (QED) is 0.124. The fraction of sp³-hybridized carbons (Fsp3) is 0. The lowest BCUT2D eigenvalue weighted by molar-refractivity contribution is -0.384. The van der Waals surface area contributed by atoms with Gasteiger partial charge in [0.25, 0.3) is 17.5 Å². The predicted molar refractivity (Wildman–Crippen MR) is 150 cm³/mol. The van der Waals surface area contributed by atoms with E-state index in [0.29, 0.717) is 22.4 Å². The third kappa shape index (κ3) is 7.43. The molecule has 0 saturated carbocycles. The highest BCUT2D eigenvalue weighted by Gasteiger charge is 2.16. The molecule has 0 atom stereocenters. The Hall–Kier alpha value is -5.63. The molecule has 4 aromatic carbocycles. The fourth-order valence-corrected chi connectivity index (χ4v) is 3.55. The molecule has 0 heterocycles. The maximum absolute atomic E-state index is 13.2. The predicted octanol–water partition coefficient (Wildman–Crippen LogP) is 5.90. The van der Waals surface area contributed by atoms with Gasteiger partial charge in [-0.1, -0.05) is 54.6 Å². The highest BCUT2D eigenvalue weighted by atomic mass is 16.6. The number of anilines is 1. The smallest absolute Gasteiger partial charge is 0.272 e. The average molecular weight is 518 g/mol. The molecule has 0 aliphatic rings. The van der Waals surface area contributed by atoms with E-state index in [9.17, 15) is 24.5 Å². The number of non-ortho nitro benzene ring substituents is 1. The van der Waals surface area contributed by atoms with Crippen molar-refractivity contribution in [2.24, 2.45) is 0 Å². The molecule has 8 heteroatoms. The lowest BCUT2D eigenvalue weighted by atomic mass is 10.1. The van der Waals surface area contributed by atoms with Crippen LogP contribution in [0.5, 0.6) is 0 Å². The van der Waals surface area contributed by atoms with Crippen LogP contribution in [0.4, 0.5) is 11.4 Å². The summed E-state index contributed by atoms with van der Waals surface area (Å²) in [4.78, 5) is 48.9. The first-order valence-corrected chi connectivity index (χ1v) is 11.9. The van der Waals surface area contributed by atoms with Gasteiger partial charge in [-0.3, -0.25) is 24.5 Å². The van der Waals surface area contributed by atoms with Crippen LogP contribution >= 0.6 is 0 Å². The summed E-state index contributed by atoms with van der Waals surface area (Å²) in [6.07, 6.45) is 4.63. The van der Waals surface area contributed by atoms with E-state index in [1.54, 1.807) is 60.7 Å². The topological polar surface area (TPSA) is 118 Å². The largest absolute Gasteiger partial charge is 0.321 e. The molecule has 0 aliphatic heterocycles. The summed E-state index contributed by atoms with van der Waals surface area (Å²) in [5, 5.41) is 16.3. The molecule has 0 fully saturated rings. The number of nitro groups is 1. The number of nitrogens with one attached hydrogen (secondary N) is 2. The Balaban J connectivity index is 1.51. The molecule has 2 amide bonds. The molecule has 0 bridgehead atoms. The number of amides is 2. The summed E-state index contributed by atoms with van der Waals surface area (Å²) in [7, 11) is 0. The van der Waals surface area contributed by atoms with E-state index >= 15 is 0 Å². The number of benzene rings is 4. The Labute approximate surface area is 224 Å². The van der Waals surface area contributed by atoms with Crippen molar-refractivity contribution < 1.29 is 19.3 Å². The molecular weight excluding hydrogens is 494 g/mol. The van der Waals surface area contributed by atoms with Gasteiger partial charge in [0, 0.05) is 28.9 Å². The summed E-state index contributed by atoms with van der Waals surface area (Å²) >= 11 is 0. The molecule has 4 rings (SSSR count). The van der Waals surface area contributed by atoms with Crippen molar-refractivity contribution in [3.63, 3.8) is 0 Å². The van der Waals surface area contributed by atoms with Crippen LogP contribution in [-0.2, 0) is 4.79 Å². The maximum atomic E-state index is 13.2.